The molecular weight excluding hydrogens is 530 g/mol. The summed E-state index contributed by atoms with van der Waals surface area (Å²) in [5.74, 6) is 0.502. The number of nitrogens with one attached hydrogen (secondary N) is 1. The number of amides is 1. The summed E-state index contributed by atoms with van der Waals surface area (Å²) >= 11 is 3.03. The molecule has 1 amide bonds. The van der Waals surface area contributed by atoms with E-state index in [0.29, 0.717) is 40.6 Å². The van der Waals surface area contributed by atoms with Gasteiger partial charge >= 0.3 is 0 Å². The van der Waals surface area contributed by atoms with Crippen molar-refractivity contribution < 1.29 is 9.59 Å². The van der Waals surface area contributed by atoms with Crippen molar-refractivity contribution in [1.29, 1.82) is 0 Å². The number of allylic oxidation sites excluding steroid dienone is 1. The van der Waals surface area contributed by atoms with Crippen molar-refractivity contribution in [3.8, 4) is 0 Å². The molecule has 3 aromatic heterocycles. The molecule has 3 aromatic rings. The molecule has 1 aliphatic carbocycles. The van der Waals surface area contributed by atoms with E-state index >= 15 is 0 Å². The normalized spacial score (nSPS) is 19.9. The molecule has 4 heterocycles. The molecule has 0 saturated heterocycles. The SMILES string of the molecule is CC1=C(C2CCCC(c3nnc(NC(=O)Cc4ccccn4)s3)C2)SC(N=C(C=O)Cc2ccccn2)=NC1. The minimum Gasteiger partial charge on any atom is -0.300 e. The van der Waals surface area contributed by atoms with Crippen molar-refractivity contribution in [3.05, 3.63) is 75.7 Å². The first-order chi connectivity index (χ1) is 19.1. The average molecular weight is 560 g/mol. The van der Waals surface area contributed by atoms with Crippen molar-refractivity contribution in [2.45, 2.75) is 51.4 Å². The third kappa shape index (κ3) is 7.30. The lowest BCUT2D eigenvalue weighted by atomic mass is 9.80. The van der Waals surface area contributed by atoms with Gasteiger partial charge in [-0.25, -0.2) is 4.99 Å². The van der Waals surface area contributed by atoms with Crippen LogP contribution in [0.3, 0.4) is 0 Å². The number of carbonyl (C=O) groups is 2. The second-order valence-electron chi connectivity index (χ2n) is 9.62. The number of aldehydes is 1. The van der Waals surface area contributed by atoms with E-state index in [0.717, 1.165) is 42.7 Å². The first-order valence-corrected chi connectivity index (χ1v) is 14.6. The molecule has 1 saturated carbocycles. The summed E-state index contributed by atoms with van der Waals surface area (Å²) in [6.07, 6.45) is 8.95. The maximum Gasteiger partial charge on any atom is 0.232 e. The van der Waals surface area contributed by atoms with Gasteiger partial charge in [-0.2, -0.15) is 0 Å². The molecule has 2 atom stereocenters. The third-order valence-electron chi connectivity index (χ3n) is 6.69. The fourth-order valence-corrected chi connectivity index (χ4v) is 6.84. The number of hydrogen-bond acceptors (Lipinski definition) is 10. The van der Waals surface area contributed by atoms with Crippen LogP contribution in [0.25, 0.3) is 0 Å². The Morgan fingerprint density at radius 2 is 1.79 bits per heavy atom. The minimum atomic E-state index is -0.151. The van der Waals surface area contributed by atoms with Crippen molar-refractivity contribution in [1.82, 2.24) is 20.2 Å². The Balaban J connectivity index is 1.21. The Hall–Kier alpha value is -3.57. The molecule has 1 fully saturated rings. The molecule has 1 N–H and O–H groups in total. The highest BCUT2D eigenvalue weighted by atomic mass is 32.2. The van der Waals surface area contributed by atoms with Gasteiger partial charge in [0.25, 0.3) is 0 Å². The van der Waals surface area contributed by atoms with Crippen LogP contribution in [0, 0.1) is 5.92 Å². The summed E-state index contributed by atoms with van der Waals surface area (Å²) in [5, 5.41) is 13.6. The van der Waals surface area contributed by atoms with Crippen LogP contribution in [-0.4, -0.2) is 49.8 Å². The Morgan fingerprint density at radius 3 is 2.51 bits per heavy atom. The molecule has 200 valence electrons. The number of aromatic nitrogens is 4. The summed E-state index contributed by atoms with van der Waals surface area (Å²) in [5.41, 5.74) is 3.19. The zero-order valence-electron chi connectivity index (χ0n) is 21.6. The average Bonchev–Trinajstić information content (AvgIpc) is 3.43. The zero-order chi connectivity index (χ0) is 27.0. The second-order valence-corrected chi connectivity index (χ2v) is 11.6. The monoisotopic (exact) mass is 559 g/mol. The van der Waals surface area contributed by atoms with E-state index in [1.807, 2.05) is 36.4 Å². The van der Waals surface area contributed by atoms with Crippen molar-refractivity contribution in [2.24, 2.45) is 15.9 Å². The Labute approximate surface area is 235 Å². The van der Waals surface area contributed by atoms with Gasteiger partial charge in [0.05, 0.1) is 18.7 Å². The van der Waals surface area contributed by atoms with Crippen molar-refractivity contribution in [3.63, 3.8) is 0 Å². The predicted molar refractivity (Wildman–Crippen MR) is 155 cm³/mol. The van der Waals surface area contributed by atoms with Gasteiger partial charge in [0.1, 0.15) is 5.01 Å². The van der Waals surface area contributed by atoms with Gasteiger partial charge < -0.3 is 5.32 Å². The standard InChI is InChI=1S/C28H29N7O2S2/c1-18-16-31-27(32-23(17-36)14-21-9-2-4-11-29-21)38-25(18)19-7-6-8-20(13-19)26-34-35-28(39-26)33-24(37)15-22-10-3-5-12-30-22/h2-5,9-12,17,19-20H,6-8,13-16H2,1H3,(H,33,35,37). The van der Waals surface area contributed by atoms with Crippen LogP contribution < -0.4 is 5.32 Å². The molecule has 1 aliphatic heterocycles. The number of thioether (sulfide) groups is 1. The van der Waals surface area contributed by atoms with E-state index in [1.165, 1.54) is 21.8 Å². The molecule has 2 unspecified atom stereocenters. The summed E-state index contributed by atoms with van der Waals surface area (Å²) < 4.78 is 0. The van der Waals surface area contributed by atoms with Crippen LogP contribution in [0.15, 0.2) is 69.3 Å². The lowest BCUT2D eigenvalue weighted by molar-refractivity contribution is -0.115. The molecule has 39 heavy (non-hydrogen) atoms. The molecule has 9 nitrogen and oxygen atoms in total. The first kappa shape index (κ1) is 27.0. The number of pyridine rings is 2. The summed E-state index contributed by atoms with van der Waals surface area (Å²) in [6, 6.07) is 11.2. The van der Waals surface area contributed by atoms with Gasteiger partial charge in [-0.3, -0.25) is 24.5 Å². The Bertz CT molecular complexity index is 1400. The fourth-order valence-electron chi connectivity index (χ4n) is 4.82. The van der Waals surface area contributed by atoms with Crippen LogP contribution in [0.4, 0.5) is 5.13 Å². The summed E-state index contributed by atoms with van der Waals surface area (Å²) in [6.45, 7) is 2.72. The largest absolute Gasteiger partial charge is 0.300 e. The van der Waals surface area contributed by atoms with Gasteiger partial charge in [-0.1, -0.05) is 41.7 Å². The lowest BCUT2D eigenvalue weighted by Crippen LogP contribution is -2.19. The number of nitrogens with zero attached hydrogens (tertiary/aromatic N) is 6. The second kappa shape index (κ2) is 13.0. The summed E-state index contributed by atoms with van der Waals surface area (Å²) in [7, 11) is 0. The first-order valence-electron chi connectivity index (χ1n) is 12.9. The number of aliphatic imine (C=N–C) groups is 2. The highest BCUT2D eigenvalue weighted by Gasteiger charge is 2.31. The predicted octanol–water partition coefficient (Wildman–Crippen LogP) is 5.04. The summed E-state index contributed by atoms with van der Waals surface area (Å²) in [4.78, 5) is 43.1. The molecule has 0 aromatic carbocycles. The van der Waals surface area contributed by atoms with E-state index in [2.05, 4.69) is 42.4 Å². The number of anilines is 1. The van der Waals surface area contributed by atoms with Gasteiger partial charge in [0.15, 0.2) is 11.5 Å². The lowest BCUT2D eigenvalue weighted by Gasteiger charge is -2.31. The van der Waals surface area contributed by atoms with E-state index in [1.54, 1.807) is 24.2 Å². The number of amidine groups is 1. The molecule has 2 aliphatic rings. The van der Waals surface area contributed by atoms with Gasteiger partial charge in [-0.05, 0) is 66.8 Å². The topological polar surface area (TPSA) is 122 Å². The maximum atomic E-state index is 12.4. The Morgan fingerprint density at radius 1 is 1.05 bits per heavy atom. The van der Waals surface area contributed by atoms with Gasteiger partial charge in [0.2, 0.25) is 11.0 Å². The van der Waals surface area contributed by atoms with Crippen LogP contribution in [0.5, 0.6) is 0 Å². The minimum absolute atomic E-state index is 0.151. The van der Waals surface area contributed by atoms with Crippen molar-refractivity contribution >= 4 is 51.3 Å². The maximum absolute atomic E-state index is 12.4. The van der Waals surface area contributed by atoms with Crippen molar-refractivity contribution in [2.75, 3.05) is 11.9 Å². The van der Waals surface area contributed by atoms with Crippen LogP contribution in [0.1, 0.15) is 54.9 Å². The molecule has 5 rings (SSSR count). The molecule has 0 spiro atoms. The zero-order valence-corrected chi connectivity index (χ0v) is 23.2. The molecular formula is C28H29N7O2S2. The number of rotatable bonds is 8. The highest BCUT2D eigenvalue weighted by Crippen LogP contribution is 2.45. The quantitative estimate of drug-likeness (QED) is 0.303. The van der Waals surface area contributed by atoms with Gasteiger partial charge in [-0.15, -0.1) is 10.2 Å². The molecule has 0 bridgehead atoms. The van der Waals surface area contributed by atoms with E-state index in [4.69, 9.17) is 0 Å². The highest BCUT2D eigenvalue weighted by molar-refractivity contribution is 8.17. The number of carbonyl (C=O) groups excluding carboxylic acids is 2. The van der Waals surface area contributed by atoms with E-state index < -0.39 is 0 Å². The molecule has 0 radical (unpaired) electrons. The molecule has 11 heteroatoms. The van der Waals surface area contributed by atoms with E-state index in [9.17, 15) is 9.59 Å². The fraction of sp³-hybridized carbons (Fsp3) is 0.357. The van der Waals surface area contributed by atoms with Gasteiger partial charge in [0, 0.05) is 36.1 Å². The smallest absolute Gasteiger partial charge is 0.232 e. The Kier molecular flexibility index (Phi) is 9.00. The van der Waals surface area contributed by atoms with E-state index in [-0.39, 0.29) is 18.2 Å². The number of hydrogen-bond donors (Lipinski definition) is 1. The van der Waals surface area contributed by atoms with Crippen LogP contribution in [-0.2, 0) is 22.4 Å². The van der Waals surface area contributed by atoms with Crippen LogP contribution in [0.2, 0.25) is 0 Å². The third-order valence-corrected chi connectivity index (χ3v) is 8.99. The van der Waals surface area contributed by atoms with Crippen LogP contribution >= 0.6 is 23.1 Å².